The topological polar surface area (TPSA) is 90.1 Å². The van der Waals surface area contributed by atoms with Crippen LogP contribution in [0.5, 0.6) is 0 Å². The van der Waals surface area contributed by atoms with Gasteiger partial charge in [0.15, 0.2) is 0 Å². The molecule has 21 heavy (non-hydrogen) atoms. The van der Waals surface area contributed by atoms with Crippen LogP contribution in [0.25, 0.3) is 0 Å². The summed E-state index contributed by atoms with van der Waals surface area (Å²) >= 11 is 0. The van der Waals surface area contributed by atoms with Crippen LogP contribution in [0.15, 0.2) is 0 Å². The summed E-state index contributed by atoms with van der Waals surface area (Å²) in [6.45, 7) is 0.817. The molecule has 6 nitrogen and oxygen atoms in total. The van der Waals surface area contributed by atoms with Gasteiger partial charge in [0.05, 0.1) is 6.10 Å². The molecule has 3 aliphatic rings. The molecular weight excluding hydrogens is 268 g/mol. The van der Waals surface area contributed by atoms with Crippen LogP contribution in [0, 0.1) is 5.92 Å². The molecule has 0 bridgehead atoms. The van der Waals surface area contributed by atoms with Crippen molar-refractivity contribution >= 4 is 11.9 Å². The number of carbonyl (C=O) groups excluding carboxylic acids is 1. The monoisotopic (exact) mass is 288 g/mol. The number of nitrogens with one attached hydrogen (secondary N) is 1. The molecule has 0 spiro atoms. The third kappa shape index (κ3) is 2.18. The van der Waals surface area contributed by atoms with Crippen LogP contribution in [0.1, 0.15) is 47.4 Å². The molecule has 1 aliphatic heterocycles. The summed E-state index contributed by atoms with van der Waals surface area (Å²) < 4.78 is 5.58. The van der Waals surface area contributed by atoms with Crippen molar-refractivity contribution in [3.63, 3.8) is 0 Å². The van der Waals surface area contributed by atoms with Crippen LogP contribution in [0.4, 0.5) is 5.95 Å². The lowest BCUT2D eigenvalue weighted by atomic mass is 9.76. The molecule has 1 saturated carbocycles. The molecule has 3 N–H and O–H groups in total. The van der Waals surface area contributed by atoms with Gasteiger partial charge in [-0.05, 0) is 38.5 Å². The molecule has 0 radical (unpaired) electrons. The molecule has 112 valence electrons. The first-order valence-corrected chi connectivity index (χ1v) is 7.80. The summed E-state index contributed by atoms with van der Waals surface area (Å²) in [5, 5.41) is 3.12. The van der Waals surface area contributed by atoms with E-state index in [1.807, 2.05) is 0 Å². The Morgan fingerprint density at radius 1 is 1.29 bits per heavy atom. The number of nitrogens with zero attached hydrogens (tertiary/aromatic N) is 2. The van der Waals surface area contributed by atoms with E-state index in [2.05, 4.69) is 15.3 Å². The van der Waals surface area contributed by atoms with Gasteiger partial charge in [0, 0.05) is 29.8 Å². The van der Waals surface area contributed by atoms with Crippen molar-refractivity contribution in [2.75, 3.05) is 12.3 Å². The van der Waals surface area contributed by atoms with Crippen molar-refractivity contribution in [2.45, 2.75) is 50.7 Å². The summed E-state index contributed by atoms with van der Waals surface area (Å²) in [5.74, 6) is 0.582. The van der Waals surface area contributed by atoms with Gasteiger partial charge in [-0.3, -0.25) is 4.79 Å². The van der Waals surface area contributed by atoms with Crippen molar-refractivity contribution in [1.29, 1.82) is 0 Å². The lowest BCUT2D eigenvalue weighted by Gasteiger charge is -2.39. The minimum absolute atomic E-state index is 0.0994. The molecule has 0 aromatic carbocycles. The van der Waals surface area contributed by atoms with E-state index in [-0.39, 0.29) is 17.9 Å². The van der Waals surface area contributed by atoms with Crippen LogP contribution in [-0.2, 0) is 17.6 Å². The largest absolute Gasteiger partial charge is 0.378 e. The van der Waals surface area contributed by atoms with Gasteiger partial charge >= 0.3 is 0 Å². The number of hydrogen-bond donors (Lipinski definition) is 2. The number of rotatable bonds is 2. The highest BCUT2D eigenvalue weighted by Gasteiger charge is 2.46. The van der Waals surface area contributed by atoms with Crippen molar-refractivity contribution < 1.29 is 9.53 Å². The van der Waals surface area contributed by atoms with E-state index in [4.69, 9.17) is 10.5 Å². The van der Waals surface area contributed by atoms with Gasteiger partial charge in [0.2, 0.25) is 5.95 Å². The van der Waals surface area contributed by atoms with E-state index in [1.54, 1.807) is 0 Å². The van der Waals surface area contributed by atoms with Crippen LogP contribution < -0.4 is 11.1 Å². The number of ether oxygens (including phenoxy) is 1. The molecule has 1 saturated heterocycles. The van der Waals surface area contributed by atoms with Crippen LogP contribution >= 0.6 is 0 Å². The maximum atomic E-state index is 12.6. The average molecular weight is 288 g/mol. The standard InChI is InChI=1S/C15H20N4O2/c16-15-18-10-4-2-1-3-9(10)13(19-15)14(20)17-11-7-12-8(11)5-6-21-12/h8,11-12H,1-7H2,(H,17,20)(H2,16,18,19)/t8-,11+,12+/m1/s1. The molecule has 2 aliphatic carbocycles. The molecule has 1 aromatic rings. The molecule has 3 atom stereocenters. The summed E-state index contributed by atoms with van der Waals surface area (Å²) in [6, 6.07) is 0.223. The number of carbonyl (C=O) groups is 1. The summed E-state index contributed by atoms with van der Waals surface area (Å²) in [5.41, 5.74) is 8.19. The minimum Gasteiger partial charge on any atom is -0.378 e. The van der Waals surface area contributed by atoms with Gasteiger partial charge in [-0.2, -0.15) is 0 Å². The zero-order valence-electron chi connectivity index (χ0n) is 12.0. The van der Waals surface area contributed by atoms with Crippen molar-refractivity contribution in [1.82, 2.24) is 15.3 Å². The molecule has 6 heteroatoms. The first-order chi connectivity index (χ1) is 10.2. The van der Waals surface area contributed by atoms with E-state index < -0.39 is 0 Å². The zero-order valence-corrected chi connectivity index (χ0v) is 12.0. The first kappa shape index (κ1) is 13.0. The Morgan fingerprint density at radius 3 is 3.00 bits per heavy atom. The number of anilines is 1. The molecular formula is C15H20N4O2. The molecule has 4 rings (SSSR count). The number of hydrogen-bond acceptors (Lipinski definition) is 5. The lowest BCUT2D eigenvalue weighted by molar-refractivity contribution is 0.00800. The fraction of sp³-hybridized carbons (Fsp3) is 0.667. The second kappa shape index (κ2) is 4.94. The Kier molecular flexibility index (Phi) is 3.06. The number of fused-ring (bicyclic) bond motifs is 2. The second-order valence-electron chi connectivity index (χ2n) is 6.24. The van der Waals surface area contributed by atoms with E-state index >= 15 is 0 Å². The van der Waals surface area contributed by atoms with Crippen LogP contribution in [0.3, 0.4) is 0 Å². The average Bonchev–Trinajstić information content (AvgIpc) is 2.84. The van der Waals surface area contributed by atoms with Crippen molar-refractivity contribution in [3.8, 4) is 0 Å². The first-order valence-electron chi connectivity index (χ1n) is 7.80. The smallest absolute Gasteiger partial charge is 0.270 e. The number of amides is 1. The van der Waals surface area contributed by atoms with E-state index in [1.165, 1.54) is 0 Å². The van der Waals surface area contributed by atoms with Gasteiger partial charge < -0.3 is 15.8 Å². The SMILES string of the molecule is Nc1nc2c(c(C(=O)N[C@H]3C[C@@H]4OCC[C@H]34)n1)CCCC2. The Labute approximate surface area is 123 Å². The fourth-order valence-corrected chi connectivity index (χ4v) is 3.80. The summed E-state index contributed by atoms with van der Waals surface area (Å²) in [7, 11) is 0. The summed E-state index contributed by atoms with van der Waals surface area (Å²) in [4.78, 5) is 21.1. The quantitative estimate of drug-likeness (QED) is 0.842. The normalized spacial score (nSPS) is 30.2. The zero-order chi connectivity index (χ0) is 14.4. The van der Waals surface area contributed by atoms with E-state index in [0.717, 1.165) is 56.4 Å². The second-order valence-corrected chi connectivity index (χ2v) is 6.24. The molecule has 0 unspecified atom stereocenters. The van der Waals surface area contributed by atoms with Crippen molar-refractivity contribution in [3.05, 3.63) is 17.0 Å². The maximum absolute atomic E-state index is 12.6. The third-order valence-corrected chi connectivity index (χ3v) is 5.00. The van der Waals surface area contributed by atoms with Crippen LogP contribution in [-0.4, -0.2) is 34.6 Å². The van der Waals surface area contributed by atoms with E-state index in [0.29, 0.717) is 17.7 Å². The maximum Gasteiger partial charge on any atom is 0.270 e. The highest BCUT2D eigenvalue weighted by molar-refractivity contribution is 5.94. The minimum atomic E-state index is -0.0994. The molecule has 2 fully saturated rings. The predicted molar refractivity (Wildman–Crippen MR) is 76.8 cm³/mol. The summed E-state index contributed by atoms with van der Waals surface area (Å²) in [6.07, 6.45) is 6.26. The number of nitrogen functional groups attached to an aromatic ring is 1. The third-order valence-electron chi connectivity index (χ3n) is 5.00. The molecule has 2 heterocycles. The van der Waals surface area contributed by atoms with Gasteiger partial charge in [-0.1, -0.05) is 0 Å². The number of aryl methyl sites for hydroxylation is 1. The highest BCUT2D eigenvalue weighted by Crippen LogP contribution is 2.38. The fourth-order valence-electron chi connectivity index (χ4n) is 3.80. The molecule has 1 amide bonds. The van der Waals surface area contributed by atoms with Crippen LogP contribution in [0.2, 0.25) is 0 Å². The van der Waals surface area contributed by atoms with Gasteiger partial charge in [0.25, 0.3) is 5.91 Å². The van der Waals surface area contributed by atoms with Gasteiger partial charge in [0.1, 0.15) is 5.69 Å². The lowest BCUT2D eigenvalue weighted by Crippen LogP contribution is -2.53. The Bertz CT molecular complexity index is 589. The van der Waals surface area contributed by atoms with E-state index in [9.17, 15) is 4.79 Å². The van der Waals surface area contributed by atoms with Crippen molar-refractivity contribution in [2.24, 2.45) is 5.92 Å². The van der Waals surface area contributed by atoms with Gasteiger partial charge in [-0.25, -0.2) is 9.97 Å². The Morgan fingerprint density at radius 2 is 2.14 bits per heavy atom. The number of aromatic nitrogens is 2. The molecule has 1 aromatic heterocycles. The highest BCUT2D eigenvalue weighted by atomic mass is 16.5. The predicted octanol–water partition coefficient (Wildman–Crippen LogP) is 0.845. The Balaban J connectivity index is 1.55. The Hall–Kier alpha value is -1.69. The number of nitrogens with two attached hydrogens (primary N) is 1. The van der Waals surface area contributed by atoms with Gasteiger partial charge in [-0.15, -0.1) is 0 Å².